The number of nitrogens with two attached hydrogens (primary N) is 1. The molecule has 0 unspecified atom stereocenters. The highest BCUT2D eigenvalue weighted by Crippen LogP contribution is 2.16. The molecule has 1 atom stereocenters. The highest BCUT2D eigenvalue weighted by Gasteiger charge is 2.17. The van der Waals surface area contributed by atoms with Crippen LogP contribution in [0, 0.1) is 0 Å². The van der Waals surface area contributed by atoms with Crippen LogP contribution < -0.4 is 15.4 Å². The van der Waals surface area contributed by atoms with Crippen molar-refractivity contribution in [3.8, 4) is 5.75 Å². The van der Waals surface area contributed by atoms with E-state index in [1.54, 1.807) is 38.4 Å². The number of nitrogens with one attached hydrogen (secondary N) is 1. The molecule has 0 heterocycles. The summed E-state index contributed by atoms with van der Waals surface area (Å²) in [5.74, 6) is 0.282. The van der Waals surface area contributed by atoms with E-state index in [2.05, 4.69) is 5.32 Å². The van der Waals surface area contributed by atoms with Crippen LogP contribution in [0.5, 0.6) is 5.75 Å². The van der Waals surface area contributed by atoms with Crippen molar-refractivity contribution in [2.75, 3.05) is 32.6 Å². The molecule has 6 nitrogen and oxygen atoms in total. The van der Waals surface area contributed by atoms with Crippen LogP contribution in [0.15, 0.2) is 48.5 Å². The van der Waals surface area contributed by atoms with Crippen molar-refractivity contribution in [3.63, 3.8) is 0 Å². The topological polar surface area (TPSA) is 75.2 Å². The SMILES string of the molecule is COc1cccc(NC(=O)CN(C)C(=O)C[NH2+][C@H](C)c2ccc(Cl)cc2)c1. The monoisotopic (exact) mass is 390 g/mol. The summed E-state index contributed by atoms with van der Waals surface area (Å²) >= 11 is 5.89. The van der Waals surface area contributed by atoms with Crippen LogP contribution in [0.25, 0.3) is 0 Å². The molecule has 2 rings (SSSR count). The highest BCUT2D eigenvalue weighted by atomic mass is 35.5. The van der Waals surface area contributed by atoms with Crippen LogP contribution in [0.3, 0.4) is 0 Å². The van der Waals surface area contributed by atoms with Gasteiger partial charge in [0.1, 0.15) is 11.8 Å². The molecule has 0 aliphatic rings. The summed E-state index contributed by atoms with van der Waals surface area (Å²) in [6.07, 6.45) is 0. The number of anilines is 1. The predicted molar refractivity (Wildman–Crippen MR) is 106 cm³/mol. The molecule has 144 valence electrons. The quantitative estimate of drug-likeness (QED) is 0.724. The molecule has 0 spiro atoms. The number of benzene rings is 2. The first kappa shape index (κ1) is 20.7. The average Bonchev–Trinajstić information content (AvgIpc) is 2.66. The zero-order chi connectivity index (χ0) is 19.8. The minimum atomic E-state index is -0.259. The maximum Gasteiger partial charge on any atom is 0.277 e. The summed E-state index contributed by atoms with van der Waals surface area (Å²) in [5, 5.41) is 5.38. The summed E-state index contributed by atoms with van der Waals surface area (Å²) in [6.45, 7) is 2.26. The van der Waals surface area contributed by atoms with Gasteiger partial charge in [0.15, 0.2) is 6.54 Å². The average molecular weight is 391 g/mol. The van der Waals surface area contributed by atoms with E-state index in [0.29, 0.717) is 16.5 Å². The maximum absolute atomic E-state index is 12.3. The second-order valence-corrected chi connectivity index (χ2v) is 6.75. The summed E-state index contributed by atoms with van der Waals surface area (Å²) in [4.78, 5) is 25.9. The number of quaternary nitrogens is 1. The van der Waals surface area contributed by atoms with Crippen LogP contribution in [0.2, 0.25) is 5.02 Å². The van der Waals surface area contributed by atoms with E-state index < -0.39 is 0 Å². The fraction of sp³-hybridized carbons (Fsp3) is 0.300. The molecule has 2 aromatic carbocycles. The second-order valence-electron chi connectivity index (χ2n) is 6.31. The predicted octanol–water partition coefficient (Wildman–Crippen LogP) is 2.07. The van der Waals surface area contributed by atoms with Crippen LogP contribution in [-0.4, -0.2) is 44.0 Å². The van der Waals surface area contributed by atoms with Crippen molar-refractivity contribution in [1.29, 1.82) is 0 Å². The number of carbonyl (C=O) groups is 2. The Morgan fingerprint density at radius 1 is 1.22 bits per heavy atom. The Kier molecular flexibility index (Phi) is 7.64. The molecule has 0 saturated heterocycles. The normalized spacial score (nSPS) is 11.6. The molecule has 27 heavy (non-hydrogen) atoms. The van der Waals surface area contributed by atoms with Gasteiger partial charge in [-0.1, -0.05) is 29.8 Å². The third kappa shape index (κ3) is 6.58. The lowest BCUT2D eigenvalue weighted by Gasteiger charge is -2.18. The number of hydrogen-bond acceptors (Lipinski definition) is 3. The standard InChI is InChI=1S/C20H24ClN3O3/c1-14(15-7-9-16(21)10-8-15)22-12-20(26)24(2)13-19(25)23-17-5-4-6-18(11-17)27-3/h4-11,14,22H,12-13H2,1-3H3,(H,23,25)/p+1/t14-/m1/s1. The number of carbonyl (C=O) groups excluding carboxylic acids is 2. The van der Waals surface area contributed by atoms with E-state index in [-0.39, 0.29) is 30.9 Å². The molecule has 2 aromatic rings. The van der Waals surface area contributed by atoms with Crippen LogP contribution >= 0.6 is 11.6 Å². The van der Waals surface area contributed by atoms with Crippen molar-refractivity contribution in [1.82, 2.24) is 4.90 Å². The highest BCUT2D eigenvalue weighted by molar-refractivity contribution is 6.30. The van der Waals surface area contributed by atoms with E-state index in [1.165, 1.54) is 4.90 Å². The van der Waals surface area contributed by atoms with Gasteiger partial charge in [-0.3, -0.25) is 9.59 Å². The van der Waals surface area contributed by atoms with E-state index in [1.807, 2.05) is 36.5 Å². The minimum absolute atomic E-state index is 0.0147. The number of hydrogen-bond donors (Lipinski definition) is 2. The van der Waals surface area contributed by atoms with Gasteiger partial charge in [-0.05, 0) is 31.2 Å². The molecule has 0 bridgehead atoms. The van der Waals surface area contributed by atoms with E-state index in [4.69, 9.17) is 16.3 Å². The van der Waals surface area contributed by atoms with Crippen molar-refractivity contribution >= 4 is 29.1 Å². The van der Waals surface area contributed by atoms with Gasteiger partial charge in [-0.2, -0.15) is 0 Å². The van der Waals surface area contributed by atoms with Gasteiger partial charge in [0.25, 0.3) is 5.91 Å². The molecule has 0 fully saturated rings. The molecule has 3 N–H and O–H groups in total. The van der Waals surface area contributed by atoms with Crippen molar-refractivity contribution in [3.05, 3.63) is 59.1 Å². The summed E-state index contributed by atoms with van der Waals surface area (Å²) < 4.78 is 5.13. The third-order valence-corrected chi connectivity index (χ3v) is 4.45. The van der Waals surface area contributed by atoms with Gasteiger partial charge in [0.2, 0.25) is 5.91 Å². The molecule has 0 aliphatic heterocycles. The first-order chi connectivity index (χ1) is 12.9. The maximum atomic E-state index is 12.3. The van der Waals surface area contributed by atoms with Gasteiger partial charge in [-0.25, -0.2) is 0 Å². The van der Waals surface area contributed by atoms with Crippen LogP contribution in [-0.2, 0) is 9.59 Å². The summed E-state index contributed by atoms with van der Waals surface area (Å²) in [5.41, 5.74) is 1.72. The van der Waals surface area contributed by atoms with Crippen molar-refractivity contribution in [2.45, 2.75) is 13.0 Å². The Morgan fingerprint density at radius 3 is 2.59 bits per heavy atom. The fourth-order valence-electron chi connectivity index (χ4n) is 2.54. The van der Waals surface area contributed by atoms with Crippen LogP contribution in [0.1, 0.15) is 18.5 Å². The number of methoxy groups -OCH3 is 1. The Balaban J connectivity index is 1.80. The zero-order valence-corrected chi connectivity index (χ0v) is 16.5. The molecular formula is C20H25ClN3O3+. The molecule has 0 aromatic heterocycles. The van der Waals surface area contributed by atoms with E-state index >= 15 is 0 Å². The van der Waals surface area contributed by atoms with Gasteiger partial charge >= 0.3 is 0 Å². The number of amides is 2. The number of likely N-dealkylation sites (N-methyl/N-ethyl adjacent to an activating group) is 1. The fourth-order valence-corrected chi connectivity index (χ4v) is 2.67. The number of nitrogens with zero attached hydrogens (tertiary/aromatic N) is 1. The zero-order valence-electron chi connectivity index (χ0n) is 15.7. The lowest BCUT2D eigenvalue weighted by Crippen LogP contribution is -2.87. The van der Waals surface area contributed by atoms with Gasteiger partial charge < -0.3 is 20.3 Å². The lowest BCUT2D eigenvalue weighted by atomic mass is 10.1. The van der Waals surface area contributed by atoms with E-state index in [0.717, 1.165) is 5.56 Å². The van der Waals surface area contributed by atoms with Crippen LogP contribution in [0.4, 0.5) is 5.69 Å². The van der Waals surface area contributed by atoms with Crippen molar-refractivity contribution < 1.29 is 19.6 Å². The molecule has 0 saturated carbocycles. The largest absolute Gasteiger partial charge is 0.497 e. The molecule has 0 aliphatic carbocycles. The lowest BCUT2D eigenvalue weighted by molar-refractivity contribution is -0.683. The Labute approximate surface area is 164 Å². The first-order valence-electron chi connectivity index (χ1n) is 8.65. The Morgan fingerprint density at radius 2 is 1.93 bits per heavy atom. The van der Waals surface area contributed by atoms with Gasteiger partial charge in [0, 0.05) is 29.4 Å². The molecule has 0 radical (unpaired) electrons. The van der Waals surface area contributed by atoms with E-state index in [9.17, 15) is 9.59 Å². The number of halogens is 1. The van der Waals surface area contributed by atoms with Crippen molar-refractivity contribution in [2.24, 2.45) is 0 Å². The number of ether oxygens (including phenoxy) is 1. The van der Waals surface area contributed by atoms with Gasteiger partial charge in [0.05, 0.1) is 13.7 Å². The third-order valence-electron chi connectivity index (χ3n) is 4.20. The minimum Gasteiger partial charge on any atom is -0.497 e. The molecule has 7 heteroatoms. The Hall–Kier alpha value is -2.57. The molecular weight excluding hydrogens is 366 g/mol. The smallest absolute Gasteiger partial charge is 0.277 e. The number of rotatable bonds is 8. The second kappa shape index (κ2) is 9.94. The Bertz CT molecular complexity index is 780. The summed E-state index contributed by atoms with van der Waals surface area (Å²) in [7, 11) is 3.18. The molecule has 2 amide bonds. The summed E-state index contributed by atoms with van der Waals surface area (Å²) in [6, 6.07) is 14.7. The first-order valence-corrected chi connectivity index (χ1v) is 9.03. The van der Waals surface area contributed by atoms with Gasteiger partial charge in [-0.15, -0.1) is 0 Å².